The van der Waals surface area contributed by atoms with E-state index in [4.69, 9.17) is 9.84 Å². The van der Waals surface area contributed by atoms with Crippen LogP contribution in [0.3, 0.4) is 0 Å². The van der Waals surface area contributed by atoms with Crippen LogP contribution in [0.15, 0.2) is 24.3 Å². The highest BCUT2D eigenvalue weighted by atomic mass is 16.5. The minimum atomic E-state index is -0.826. The Morgan fingerprint density at radius 3 is 2.90 bits per heavy atom. The first-order chi connectivity index (χ1) is 10.1. The van der Waals surface area contributed by atoms with E-state index in [0.717, 1.165) is 17.7 Å². The van der Waals surface area contributed by atoms with Crippen LogP contribution < -0.4 is 10.1 Å². The molecule has 21 heavy (non-hydrogen) atoms. The molecule has 2 rings (SSSR count). The van der Waals surface area contributed by atoms with E-state index >= 15 is 0 Å². The van der Waals surface area contributed by atoms with Crippen LogP contribution in [0, 0.1) is 5.92 Å². The van der Waals surface area contributed by atoms with E-state index in [1.165, 1.54) is 0 Å². The highest BCUT2D eigenvalue weighted by molar-refractivity contribution is 5.84. The summed E-state index contributed by atoms with van der Waals surface area (Å²) >= 11 is 0. The quantitative estimate of drug-likeness (QED) is 0.842. The maximum absolute atomic E-state index is 12.4. The van der Waals surface area contributed by atoms with Crippen LogP contribution in [-0.4, -0.2) is 30.1 Å². The van der Waals surface area contributed by atoms with Gasteiger partial charge in [0.1, 0.15) is 5.75 Å². The van der Waals surface area contributed by atoms with Gasteiger partial charge in [-0.05, 0) is 18.4 Å². The molecule has 1 aromatic carbocycles. The van der Waals surface area contributed by atoms with Crippen molar-refractivity contribution in [1.29, 1.82) is 0 Å². The Morgan fingerprint density at radius 2 is 2.19 bits per heavy atom. The lowest BCUT2D eigenvalue weighted by molar-refractivity contribution is -0.138. The van der Waals surface area contributed by atoms with Crippen molar-refractivity contribution in [2.24, 2.45) is 5.92 Å². The third kappa shape index (κ3) is 3.97. The summed E-state index contributed by atoms with van der Waals surface area (Å²) in [4.78, 5) is 23.1. The standard InChI is InChI=1S/C16H21NO4/c1-2-11(9-15(18)19)10-17-16(20)13-7-8-21-14-6-4-3-5-12(13)14/h3-6,11,13H,2,7-10H2,1H3,(H,17,20)(H,18,19). The molecule has 114 valence electrons. The zero-order valence-corrected chi connectivity index (χ0v) is 12.2. The van der Waals surface area contributed by atoms with Gasteiger partial charge in [-0.25, -0.2) is 0 Å². The molecule has 0 saturated heterocycles. The number of aliphatic carboxylic acids is 1. The number of rotatable bonds is 6. The molecule has 1 aliphatic heterocycles. The van der Waals surface area contributed by atoms with Crippen LogP contribution in [-0.2, 0) is 9.59 Å². The van der Waals surface area contributed by atoms with E-state index in [-0.39, 0.29) is 24.2 Å². The first kappa shape index (κ1) is 15.4. The minimum absolute atomic E-state index is 0.0264. The molecule has 0 spiro atoms. The fraction of sp³-hybridized carbons (Fsp3) is 0.500. The van der Waals surface area contributed by atoms with Crippen molar-refractivity contribution in [2.45, 2.75) is 32.1 Å². The summed E-state index contributed by atoms with van der Waals surface area (Å²) in [7, 11) is 0. The molecule has 0 fully saturated rings. The molecule has 2 unspecified atom stereocenters. The number of carboxylic acid groups (broad SMARTS) is 1. The van der Waals surface area contributed by atoms with E-state index in [0.29, 0.717) is 19.6 Å². The van der Waals surface area contributed by atoms with E-state index in [2.05, 4.69) is 5.32 Å². The van der Waals surface area contributed by atoms with Gasteiger partial charge in [0, 0.05) is 18.5 Å². The van der Waals surface area contributed by atoms with Crippen LogP contribution in [0.25, 0.3) is 0 Å². The van der Waals surface area contributed by atoms with Crippen molar-refractivity contribution >= 4 is 11.9 Å². The van der Waals surface area contributed by atoms with Gasteiger partial charge in [0.15, 0.2) is 0 Å². The zero-order valence-electron chi connectivity index (χ0n) is 12.2. The molecule has 1 aliphatic rings. The molecular formula is C16H21NO4. The van der Waals surface area contributed by atoms with Crippen molar-refractivity contribution in [3.05, 3.63) is 29.8 Å². The summed E-state index contributed by atoms with van der Waals surface area (Å²) in [6.07, 6.45) is 1.47. The van der Waals surface area contributed by atoms with Crippen LogP contribution in [0.2, 0.25) is 0 Å². The Labute approximate surface area is 124 Å². The first-order valence-corrected chi connectivity index (χ1v) is 7.33. The number of fused-ring (bicyclic) bond motifs is 1. The molecule has 1 aromatic rings. The van der Waals surface area contributed by atoms with Gasteiger partial charge in [0.05, 0.1) is 12.5 Å². The van der Waals surface area contributed by atoms with E-state index in [1.807, 2.05) is 31.2 Å². The maximum atomic E-state index is 12.4. The third-order valence-electron chi connectivity index (χ3n) is 3.88. The minimum Gasteiger partial charge on any atom is -0.493 e. The molecule has 0 aliphatic carbocycles. The topological polar surface area (TPSA) is 75.6 Å². The molecule has 5 heteroatoms. The highest BCUT2D eigenvalue weighted by Gasteiger charge is 2.27. The Hall–Kier alpha value is -2.04. The molecule has 1 heterocycles. The Bertz CT molecular complexity index is 515. The van der Waals surface area contributed by atoms with Gasteiger partial charge >= 0.3 is 5.97 Å². The number of carboxylic acids is 1. The molecule has 2 atom stereocenters. The lowest BCUT2D eigenvalue weighted by Crippen LogP contribution is -2.35. The lowest BCUT2D eigenvalue weighted by atomic mass is 9.92. The largest absolute Gasteiger partial charge is 0.493 e. The second-order valence-electron chi connectivity index (χ2n) is 5.34. The van der Waals surface area contributed by atoms with Crippen LogP contribution in [0.1, 0.15) is 37.7 Å². The molecule has 2 N–H and O–H groups in total. The summed E-state index contributed by atoms with van der Waals surface area (Å²) in [6, 6.07) is 7.56. The van der Waals surface area contributed by atoms with Crippen molar-refractivity contribution in [1.82, 2.24) is 5.32 Å². The number of carbonyl (C=O) groups excluding carboxylic acids is 1. The summed E-state index contributed by atoms with van der Waals surface area (Å²) in [6.45, 7) is 2.87. The highest BCUT2D eigenvalue weighted by Crippen LogP contribution is 2.33. The predicted octanol–water partition coefficient (Wildman–Crippen LogP) is 2.17. The average Bonchev–Trinajstić information content (AvgIpc) is 2.50. The molecule has 0 bridgehead atoms. The fourth-order valence-electron chi connectivity index (χ4n) is 2.59. The monoisotopic (exact) mass is 291 g/mol. The van der Waals surface area contributed by atoms with Crippen molar-refractivity contribution in [3.63, 3.8) is 0 Å². The normalized spacial score (nSPS) is 18.2. The second kappa shape index (κ2) is 7.11. The smallest absolute Gasteiger partial charge is 0.303 e. The van der Waals surface area contributed by atoms with Crippen LogP contribution in [0.5, 0.6) is 5.75 Å². The van der Waals surface area contributed by atoms with E-state index in [9.17, 15) is 9.59 Å². The molecule has 1 amide bonds. The second-order valence-corrected chi connectivity index (χ2v) is 5.34. The molecule has 0 saturated carbocycles. The Morgan fingerprint density at radius 1 is 1.43 bits per heavy atom. The molecule has 0 aromatic heterocycles. The zero-order chi connectivity index (χ0) is 15.2. The van der Waals surface area contributed by atoms with E-state index in [1.54, 1.807) is 0 Å². The summed E-state index contributed by atoms with van der Waals surface area (Å²) < 4.78 is 5.55. The summed E-state index contributed by atoms with van der Waals surface area (Å²) in [5.74, 6) is -0.345. The van der Waals surface area contributed by atoms with E-state index < -0.39 is 5.97 Å². The molecule has 5 nitrogen and oxygen atoms in total. The predicted molar refractivity (Wildman–Crippen MR) is 78.3 cm³/mol. The van der Waals surface area contributed by atoms with Crippen molar-refractivity contribution in [3.8, 4) is 5.75 Å². The Balaban J connectivity index is 1.97. The van der Waals surface area contributed by atoms with Crippen LogP contribution in [0.4, 0.5) is 0 Å². The van der Waals surface area contributed by atoms with Gasteiger partial charge in [-0.1, -0.05) is 31.5 Å². The van der Waals surface area contributed by atoms with Gasteiger partial charge < -0.3 is 15.2 Å². The van der Waals surface area contributed by atoms with Gasteiger partial charge in [-0.3, -0.25) is 9.59 Å². The average molecular weight is 291 g/mol. The molecular weight excluding hydrogens is 270 g/mol. The summed E-state index contributed by atoms with van der Waals surface area (Å²) in [5, 5.41) is 11.7. The lowest BCUT2D eigenvalue weighted by Gasteiger charge is -2.25. The first-order valence-electron chi connectivity index (χ1n) is 7.33. The van der Waals surface area contributed by atoms with Gasteiger partial charge in [-0.2, -0.15) is 0 Å². The number of hydrogen-bond donors (Lipinski definition) is 2. The molecule has 0 radical (unpaired) electrons. The fourth-order valence-corrected chi connectivity index (χ4v) is 2.59. The number of benzene rings is 1. The van der Waals surface area contributed by atoms with Gasteiger partial charge in [0.25, 0.3) is 0 Å². The Kier molecular flexibility index (Phi) is 5.20. The van der Waals surface area contributed by atoms with Gasteiger partial charge in [0.2, 0.25) is 5.91 Å². The number of nitrogens with one attached hydrogen (secondary N) is 1. The van der Waals surface area contributed by atoms with Crippen molar-refractivity contribution < 1.29 is 19.4 Å². The number of para-hydroxylation sites is 1. The summed E-state index contributed by atoms with van der Waals surface area (Å²) in [5.41, 5.74) is 0.910. The number of amides is 1. The maximum Gasteiger partial charge on any atom is 0.303 e. The van der Waals surface area contributed by atoms with Gasteiger partial charge in [-0.15, -0.1) is 0 Å². The van der Waals surface area contributed by atoms with Crippen LogP contribution >= 0.6 is 0 Å². The number of carbonyl (C=O) groups is 2. The third-order valence-corrected chi connectivity index (χ3v) is 3.88. The number of hydrogen-bond acceptors (Lipinski definition) is 3. The number of ether oxygens (including phenoxy) is 1. The SMILES string of the molecule is CCC(CNC(=O)C1CCOc2ccccc21)CC(=O)O. The van der Waals surface area contributed by atoms with Crippen molar-refractivity contribution in [2.75, 3.05) is 13.2 Å².